The smallest absolute Gasteiger partial charge is 0.322 e. The molecule has 0 bridgehead atoms. The predicted molar refractivity (Wildman–Crippen MR) is 157 cm³/mol. The largest absolute Gasteiger partial charge is 0.424 e. The summed E-state index contributed by atoms with van der Waals surface area (Å²) in [7, 11) is 5.85. The second-order valence-electron chi connectivity index (χ2n) is 9.58. The Morgan fingerprint density at radius 1 is 1.02 bits per heavy atom. The number of anilines is 2. The number of nitrogens with two attached hydrogens (primary N) is 1. The molecule has 1 amide bonds. The van der Waals surface area contributed by atoms with Crippen molar-refractivity contribution in [1.29, 1.82) is 0 Å². The number of hydrogen-bond donors (Lipinski definition) is 2. The lowest BCUT2D eigenvalue weighted by atomic mass is 9.98. The highest BCUT2D eigenvalue weighted by Gasteiger charge is 2.22. The van der Waals surface area contributed by atoms with Crippen molar-refractivity contribution in [3.8, 4) is 34.1 Å². The third-order valence-corrected chi connectivity index (χ3v) is 6.29. The van der Waals surface area contributed by atoms with Crippen molar-refractivity contribution in [3.63, 3.8) is 0 Å². The normalized spacial score (nSPS) is 11.4. The van der Waals surface area contributed by atoms with E-state index in [0.29, 0.717) is 23.8 Å². The van der Waals surface area contributed by atoms with Crippen LogP contribution in [0.4, 0.5) is 11.5 Å². The molecule has 3 N–H and O–H groups in total. The SMILES string of the molecule is Cc1ccnc(Oc2ccc(-c3c(-c4ccc(NC(=O)/C=C/CN(C)C)cc4)n(C)c4ncnc(N)c34)cc2)n1. The summed E-state index contributed by atoms with van der Waals surface area (Å²) < 4.78 is 7.85. The fourth-order valence-electron chi connectivity index (χ4n) is 4.43. The van der Waals surface area contributed by atoms with Crippen molar-refractivity contribution in [2.75, 3.05) is 31.7 Å². The number of carbonyl (C=O) groups excluding carboxylic acids is 1. The number of hydrogen-bond acceptors (Lipinski definition) is 8. The van der Waals surface area contributed by atoms with Crippen molar-refractivity contribution in [3.05, 3.63) is 85.0 Å². The van der Waals surface area contributed by atoms with Gasteiger partial charge in [-0.1, -0.05) is 30.3 Å². The molecular formula is C30H30N8O2. The first kappa shape index (κ1) is 26.5. The lowest BCUT2D eigenvalue weighted by Crippen LogP contribution is -2.12. The molecule has 0 aliphatic heterocycles. The second kappa shape index (κ2) is 11.3. The third kappa shape index (κ3) is 5.67. The van der Waals surface area contributed by atoms with Gasteiger partial charge in [0.05, 0.1) is 11.1 Å². The zero-order chi connectivity index (χ0) is 28.2. The molecule has 0 unspecified atom stereocenters. The van der Waals surface area contributed by atoms with Crippen molar-refractivity contribution < 1.29 is 9.53 Å². The highest BCUT2D eigenvalue weighted by Crippen LogP contribution is 2.42. The molecule has 0 saturated carbocycles. The molecule has 202 valence electrons. The summed E-state index contributed by atoms with van der Waals surface area (Å²) in [5.41, 5.74) is 12.3. The number of nitrogens with one attached hydrogen (secondary N) is 1. The van der Waals surface area contributed by atoms with Crippen molar-refractivity contribution in [2.24, 2.45) is 7.05 Å². The number of nitrogens with zero attached hydrogens (tertiary/aromatic N) is 6. The summed E-state index contributed by atoms with van der Waals surface area (Å²) in [6, 6.07) is 17.4. The predicted octanol–water partition coefficient (Wildman–Crippen LogP) is 4.83. The van der Waals surface area contributed by atoms with Crippen LogP contribution in [0.15, 0.2) is 79.3 Å². The zero-order valence-electron chi connectivity index (χ0n) is 22.8. The molecule has 0 atom stereocenters. The first-order chi connectivity index (χ1) is 19.3. The molecule has 5 rings (SSSR count). The number of aromatic nitrogens is 5. The van der Waals surface area contributed by atoms with E-state index in [-0.39, 0.29) is 11.9 Å². The summed E-state index contributed by atoms with van der Waals surface area (Å²) in [4.78, 5) is 31.5. The number of aryl methyl sites for hydroxylation is 2. The molecule has 0 saturated heterocycles. The van der Waals surface area contributed by atoms with Crippen molar-refractivity contribution in [2.45, 2.75) is 6.92 Å². The quantitative estimate of drug-likeness (QED) is 0.271. The monoisotopic (exact) mass is 534 g/mol. The maximum Gasteiger partial charge on any atom is 0.322 e. The summed E-state index contributed by atoms with van der Waals surface area (Å²) >= 11 is 0. The van der Waals surface area contributed by atoms with Crippen molar-refractivity contribution >= 4 is 28.4 Å². The van der Waals surface area contributed by atoms with Gasteiger partial charge in [-0.25, -0.2) is 19.9 Å². The van der Waals surface area contributed by atoms with Crippen LogP contribution in [0.2, 0.25) is 0 Å². The van der Waals surface area contributed by atoms with Crippen LogP contribution in [0.1, 0.15) is 5.69 Å². The number of ether oxygens (including phenoxy) is 1. The first-order valence-corrected chi connectivity index (χ1v) is 12.7. The Labute approximate surface area is 232 Å². The first-order valence-electron chi connectivity index (χ1n) is 12.7. The summed E-state index contributed by atoms with van der Waals surface area (Å²) in [5.74, 6) is 0.824. The Morgan fingerprint density at radius 2 is 1.75 bits per heavy atom. The van der Waals surface area contributed by atoms with E-state index >= 15 is 0 Å². The van der Waals surface area contributed by atoms with Crippen LogP contribution < -0.4 is 15.8 Å². The molecule has 3 heterocycles. The molecule has 3 aromatic heterocycles. The number of rotatable bonds is 8. The zero-order valence-corrected chi connectivity index (χ0v) is 22.8. The van der Waals surface area contributed by atoms with Crippen molar-refractivity contribution in [1.82, 2.24) is 29.4 Å². The molecule has 5 aromatic rings. The molecule has 0 spiro atoms. The summed E-state index contributed by atoms with van der Waals surface area (Å²) in [6.45, 7) is 2.57. The highest BCUT2D eigenvalue weighted by molar-refractivity contribution is 6.08. The minimum absolute atomic E-state index is 0.179. The van der Waals surface area contributed by atoms with E-state index in [1.54, 1.807) is 6.20 Å². The third-order valence-electron chi connectivity index (χ3n) is 6.29. The van der Waals surface area contributed by atoms with E-state index in [2.05, 4.69) is 25.3 Å². The van der Waals surface area contributed by atoms with E-state index in [1.807, 2.05) is 98.2 Å². The van der Waals surface area contributed by atoms with Gasteiger partial charge in [0.2, 0.25) is 5.91 Å². The van der Waals surface area contributed by atoms with E-state index in [0.717, 1.165) is 39.1 Å². The Balaban J connectivity index is 1.49. The number of likely N-dealkylation sites (N-methyl/N-ethyl adjacent to an activating group) is 1. The Kier molecular flexibility index (Phi) is 7.52. The van der Waals surface area contributed by atoms with Crippen LogP contribution in [-0.2, 0) is 11.8 Å². The number of amides is 1. The molecule has 0 aliphatic carbocycles. The molecule has 0 fully saturated rings. The molecule has 0 aliphatic rings. The van der Waals surface area contributed by atoms with E-state index in [1.165, 1.54) is 12.4 Å². The highest BCUT2D eigenvalue weighted by atomic mass is 16.5. The van der Waals surface area contributed by atoms with Gasteiger partial charge in [-0.05, 0) is 62.5 Å². The molecule has 40 heavy (non-hydrogen) atoms. The lowest BCUT2D eigenvalue weighted by Gasteiger charge is -2.11. The van der Waals surface area contributed by atoms with Crippen LogP contribution in [0, 0.1) is 6.92 Å². The molecular weight excluding hydrogens is 504 g/mol. The maximum atomic E-state index is 12.3. The maximum absolute atomic E-state index is 12.3. The van der Waals surface area contributed by atoms with Gasteiger partial charge in [0, 0.05) is 42.8 Å². The number of carbonyl (C=O) groups is 1. The standard InChI is InChI=1S/C30H30N8O2/c1-19-15-16-32-30(35-19)40-23-13-9-20(10-14-23)25-26-28(31)33-18-34-29(26)38(4)27(25)21-7-11-22(12-8-21)36-24(39)6-5-17-37(2)3/h5-16,18H,17H2,1-4H3,(H,36,39)(H2,31,33,34)/b6-5+. The van der Waals surface area contributed by atoms with Gasteiger partial charge in [-0.2, -0.15) is 0 Å². The topological polar surface area (TPSA) is 124 Å². The van der Waals surface area contributed by atoms with E-state index < -0.39 is 0 Å². The molecule has 2 aromatic carbocycles. The average Bonchev–Trinajstić information content (AvgIpc) is 3.23. The van der Waals surface area contributed by atoms with E-state index in [4.69, 9.17) is 10.5 Å². The van der Waals surface area contributed by atoms with Crippen LogP contribution in [-0.4, -0.2) is 56.0 Å². The fraction of sp³-hybridized carbons (Fsp3) is 0.167. The fourth-order valence-corrected chi connectivity index (χ4v) is 4.43. The van der Waals surface area contributed by atoms with E-state index in [9.17, 15) is 4.79 Å². The van der Waals surface area contributed by atoms with Gasteiger partial charge in [0.1, 0.15) is 23.5 Å². The average molecular weight is 535 g/mol. The van der Waals surface area contributed by atoms with Gasteiger partial charge >= 0.3 is 6.01 Å². The minimum atomic E-state index is -0.179. The van der Waals surface area contributed by atoms with Gasteiger partial charge in [-0.3, -0.25) is 4.79 Å². The van der Waals surface area contributed by atoms with Gasteiger partial charge < -0.3 is 25.3 Å². The Bertz CT molecular complexity index is 1690. The second-order valence-corrected chi connectivity index (χ2v) is 9.58. The van der Waals surface area contributed by atoms with Crippen LogP contribution in [0.5, 0.6) is 11.8 Å². The van der Waals surface area contributed by atoms with Crippen LogP contribution >= 0.6 is 0 Å². The molecule has 10 heteroatoms. The number of benzene rings is 2. The van der Waals surface area contributed by atoms with Gasteiger partial charge in [-0.15, -0.1) is 0 Å². The molecule has 0 radical (unpaired) electrons. The summed E-state index contributed by atoms with van der Waals surface area (Å²) in [6.07, 6.45) is 6.49. The summed E-state index contributed by atoms with van der Waals surface area (Å²) in [5, 5.41) is 3.67. The molecule has 10 nitrogen and oxygen atoms in total. The lowest BCUT2D eigenvalue weighted by molar-refractivity contribution is -0.111. The minimum Gasteiger partial charge on any atom is -0.424 e. The van der Waals surface area contributed by atoms with Gasteiger partial charge in [0.25, 0.3) is 0 Å². The Hall–Kier alpha value is -5.09. The number of fused-ring (bicyclic) bond motifs is 1. The van der Waals surface area contributed by atoms with Gasteiger partial charge in [0.15, 0.2) is 0 Å². The Morgan fingerprint density at radius 3 is 2.45 bits per heavy atom. The van der Waals surface area contributed by atoms with Crippen LogP contribution in [0.3, 0.4) is 0 Å². The van der Waals surface area contributed by atoms with Crippen LogP contribution in [0.25, 0.3) is 33.4 Å². The number of nitrogen functional groups attached to an aromatic ring is 1.